The van der Waals surface area contributed by atoms with Crippen LogP contribution in [0.2, 0.25) is 0 Å². The second kappa shape index (κ2) is 6.39. The molecular formula is C17H20FNO5. The predicted octanol–water partition coefficient (Wildman–Crippen LogP) is 1.98. The highest BCUT2D eigenvalue weighted by Gasteiger charge is 2.52. The molecule has 1 saturated heterocycles. The van der Waals surface area contributed by atoms with Crippen molar-refractivity contribution < 1.29 is 28.6 Å². The first-order valence-corrected chi connectivity index (χ1v) is 7.95. The van der Waals surface area contributed by atoms with Crippen molar-refractivity contribution in [2.24, 2.45) is 5.92 Å². The Morgan fingerprint density at radius 2 is 2.21 bits per heavy atom. The molecule has 2 N–H and O–H groups in total. The molecule has 1 saturated carbocycles. The number of rotatable bonds is 5. The van der Waals surface area contributed by atoms with Gasteiger partial charge in [0.15, 0.2) is 11.6 Å². The molecule has 24 heavy (non-hydrogen) atoms. The van der Waals surface area contributed by atoms with Crippen molar-refractivity contribution in [2.45, 2.75) is 37.4 Å². The monoisotopic (exact) mass is 337 g/mol. The van der Waals surface area contributed by atoms with E-state index in [1.54, 1.807) is 0 Å². The molecule has 1 atom stereocenters. The minimum atomic E-state index is -0.772. The maximum Gasteiger partial charge on any atom is 0.306 e. The smallest absolute Gasteiger partial charge is 0.306 e. The fourth-order valence-corrected chi connectivity index (χ4v) is 3.46. The lowest BCUT2D eigenvalue weighted by atomic mass is 9.69. The highest BCUT2D eigenvalue weighted by atomic mass is 19.1. The van der Waals surface area contributed by atoms with Gasteiger partial charge in [0.25, 0.3) is 5.91 Å². The van der Waals surface area contributed by atoms with Gasteiger partial charge < -0.3 is 19.9 Å². The number of carbonyl (C=O) groups is 2. The molecule has 0 radical (unpaired) electrons. The first-order valence-electron chi connectivity index (χ1n) is 7.95. The van der Waals surface area contributed by atoms with Gasteiger partial charge in [-0.1, -0.05) is 0 Å². The maximum atomic E-state index is 13.4. The lowest BCUT2D eigenvalue weighted by Crippen LogP contribution is -2.47. The topological polar surface area (TPSA) is 84.9 Å². The summed E-state index contributed by atoms with van der Waals surface area (Å²) in [6.07, 6.45) is 2.58. The Kier molecular flexibility index (Phi) is 4.45. The highest BCUT2D eigenvalue weighted by Crippen LogP contribution is 2.49. The fourth-order valence-electron chi connectivity index (χ4n) is 3.46. The van der Waals surface area contributed by atoms with Crippen molar-refractivity contribution in [3.63, 3.8) is 0 Å². The zero-order valence-corrected chi connectivity index (χ0v) is 13.4. The molecule has 1 aromatic carbocycles. The third-order valence-electron chi connectivity index (χ3n) is 4.83. The van der Waals surface area contributed by atoms with E-state index in [2.05, 4.69) is 5.32 Å². The Morgan fingerprint density at radius 3 is 2.88 bits per heavy atom. The number of carbonyl (C=O) groups excluding carboxylic acids is 1. The summed E-state index contributed by atoms with van der Waals surface area (Å²) in [7, 11) is 1.34. The van der Waals surface area contributed by atoms with Gasteiger partial charge in [-0.05, 0) is 43.9 Å². The molecule has 1 aromatic rings. The van der Waals surface area contributed by atoms with E-state index in [0.717, 1.165) is 12.8 Å². The first-order chi connectivity index (χ1) is 11.4. The molecule has 1 unspecified atom stereocenters. The first kappa shape index (κ1) is 16.7. The lowest BCUT2D eigenvalue weighted by molar-refractivity contribution is -0.164. The molecule has 130 valence electrons. The summed E-state index contributed by atoms with van der Waals surface area (Å²) in [5.41, 5.74) is -0.00656. The third kappa shape index (κ3) is 3.21. The molecule has 1 aliphatic heterocycles. The van der Waals surface area contributed by atoms with Crippen molar-refractivity contribution in [1.82, 2.24) is 5.32 Å². The molecule has 0 aromatic heterocycles. The van der Waals surface area contributed by atoms with Gasteiger partial charge >= 0.3 is 5.97 Å². The van der Waals surface area contributed by atoms with Crippen LogP contribution in [0.3, 0.4) is 0 Å². The molecule has 2 aliphatic rings. The Labute approximate surface area is 138 Å². The number of amides is 1. The summed E-state index contributed by atoms with van der Waals surface area (Å²) >= 11 is 0. The Morgan fingerprint density at radius 1 is 1.46 bits per heavy atom. The van der Waals surface area contributed by atoms with Gasteiger partial charge in [-0.15, -0.1) is 0 Å². The number of carboxylic acid groups (broad SMARTS) is 1. The van der Waals surface area contributed by atoms with Crippen LogP contribution in [-0.2, 0) is 9.53 Å². The molecule has 7 heteroatoms. The Balaban J connectivity index is 1.50. The van der Waals surface area contributed by atoms with E-state index >= 15 is 0 Å². The normalized spacial score (nSPS) is 28.4. The van der Waals surface area contributed by atoms with E-state index in [9.17, 15) is 14.0 Å². The van der Waals surface area contributed by atoms with Crippen LogP contribution in [0, 0.1) is 11.7 Å². The van der Waals surface area contributed by atoms with Crippen molar-refractivity contribution in [3.05, 3.63) is 29.6 Å². The average Bonchev–Trinajstić information content (AvgIpc) is 2.96. The van der Waals surface area contributed by atoms with E-state index in [0.29, 0.717) is 24.9 Å². The van der Waals surface area contributed by atoms with Crippen LogP contribution in [-0.4, -0.2) is 42.3 Å². The standard InChI is InChI=1S/C17H20FNO5/c1-23-14-6-10(2-3-13(14)18)15(20)19-9-12-4-5-17(24-12)7-11(8-17)16(21)22/h2-3,6,11-12H,4-5,7-9H2,1H3,(H,19,20)(H,21,22). The van der Waals surface area contributed by atoms with Crippen LogP contribution in [0.5, 0.6) is 5.75 Å². The second-order valence-corrected chi connectivity index (χ2v) is 6.46. The Bertz CT molecular complexity index is 656. The molecule has 3 rings (SSSR count). The van der Waals surface area contributed by atoms with Crippen molar-refractivity contribution in [1.29, 1.82) is 0 Å². The number of halogens is 1. The number of nitrogens with one attached hydrogen (secondary N) is 1. The van der Waals surface area contributed by atoms with Crippen molar-refractivity contribution >= 4 is 11.9 Å². The highest BCUT2D eigenvalue weighted by molar-refractivity contribution is 5.94. The molecule has 1 amide bonds. The van der Waals surface area contributed by atoms with Crippen LogP contribution >= 0.6 is 0 Å². The quantitative estimate of drug-likeness (QED) is 0.858. The number of hydrogen-bond donors (Lipinski definition) is 2. The minimum Gasteiger partial charge on any atom is -0.494 e. The molecule has 2 fully saturated rings. The van der Waals surface area contributed by atoms with Gasteiger partial charge in [0.1, 0.15) is 0 Å². The molecule has 6 nitrogen and oxygen atoms in total. The molecule has 1 heterocycles. The van der Waals surface area contributed by atoms with Crippen LogP contribution in [0.25, 0.3) is 0 Å². The van der Waals surface area contributed by atoms with E-state index in [-0.39, 0.29) is 29.3 Å². The third-order valence-corrected chi connectivity index (χ3v) is 4.83. The number of hydrogen-bond acceptors (Lipinski definition) is 4. The molecule has 1 spiro atoms. The summed E-state index contributed by atoms with van der Waals surface area (Å²) in [5.74, 6) is -1.91. The minimum absolute atomic E-state index is 0.0212. The summed E-state index contributed by atoms with van der Waals surface area (Å²) < 4.78 is 24.2. The predicted molar refractivity (Wildman–Crippen MR) is 82.5 cm³/mol. The van der Waals surface area contributed by atoms with Crippen LogP contribution < -0.4 is 10.1 Å². The maximum absolute atomic E-state index is 13.4. The Hall–Kier alpha value is -2.15. The van der Waals surface area contributed by atoms with E-state index in [1.807, 2.05) is 0 Å². The zero-order valence-electron chi connectivity index (χ0n) is 13.4. The lowest BCUT2D eigenvalue weighted by Gasteiger charge is -2.42. The van der Waals surface area contributed by atoms with Gasteiger partial charge in [-0.3, -0.25) is 9.59 Å². The van der Waals surface area contributed by atoms with Crippen LogP contribution in [0.15, 0.2) is 18.2 Å². The number of benzene rings is 1. The number of carboxylic acids is 1. The van der Waals surface area contributed by atoms with E-state index < -0.39 is 11.8 Å². The summed E-state index contributed by atoms with van der Waals surface area (Å²) in [6, 6.07) is 3.94. The van der Waals surface area contributed by atoms with Gasteiger partial charge in [-0.25, -0.2) is 4.39 Å². The SMILES string of the molecule is COc1cc(C(=O)NCC2CCC3(CC(C(=O)O)C3)O2)ccc1F. The number of aliphatic carboxylic acids is 1. The van der Waals surface area contributed by atoms with E-state index in [1.165, 1.54) is 25.3 Å². The number of methoxy groups -OCH3 is 1. The average molecular weight is 337 g/mol. The summed E-state index contributed by atoms with van der Waals surface area (Å²) in [6.45, 7) is 0.345. The fraction of sp³-hybridized carbons (Fsp3) is 0.529. The second-order valence-electron chi connectivity index (χ2n) is 6.46. The van der Waals surface area contributed by atoms with Crippen LogP contribution in [0.4, 0.5) is 4.39 Å². The van der Waals surface area contributed by atoms with E-state index in [4.69, 9.17) is 14.6 Å². The van der Waals surface area contributed by atoms with Gasteiger partial charge in [0, 0.05) is 12.1 Å². The van der Waals surface area contributed by atoms with Gasteiger partial charge in [-0.2, -0.15) is 0 Å². The van der Waals surface area contributed by atoms with Gasteiger partial charge in [0.05, 0.1) is 24.7 Å². The van der Waals surface area contributed by atoms with Crippen molar-refractivity contribution in [3.8, 4) is 5.75 Å². The number of ether oxygens (including phenoxy) is 2. The molecule has 1 aliphatic carbocycles. The zero-order chi connectivity index (χ0) is 17.3. The molecule has 0 bridgehead atoms. The van der Waals surface area contributed by atoms with Gasteiger partial charge in [0.2, 0.25) is 0 Å². The summed E-state index contributed by atoms with van der Waals surface area (Å²) in [5, 5.41) is 11.7. The molecular weight excluding hydrogens is 317 g/mol. The van der Waals surface area contributed by atoms with Crippen molar-refractivity contribution in [2.75, 3.05) is 13.7 Å². The summed E-state index contributed by atoms with van der Waals surface area (Å²) in [4.78, 5) is 23.0. The van der Waals surface area contributed by atoms with Crippen LogP contribution in [0.1, 0.15) is 36.0 Å². The largest absolute Gasteiger partial charge is 0.494 e.